The lowest BCUT2D eigenvalue weighted by molar-refractivity contribution is 0.548. The van der Waals surface area contributed by atoms with Crippen LogP contribution in [0.15, 0.2) is 18.2 Å². The molecule has 0 saturated heterocycles. The Morgan fingerprint density at radius 1 is 1.25 bits per heavy atom. The maximum Gasteiger partial charge on any atom is 0.146 e. The maximum absolute atomic E-state index is 14.2. The molecule has 0 fully saturated rings. The summed E-state index contributed by atoms with van der Waals surface area (Å²) in [5.74, 6) is 0.501. The number of nitrogens with one attached hydrogen (secondary N) is 1. The van der Waals surface area contributed by atoms with E-state index in [1.807, 2.05) is 6.07 Å². The highest BCUT2D eigenvalue weighted by Gasteiger charge is 2.14. The number of anilines is 1. The van der Waals surface area contributed by atoms with E-state index in [0.717, 1.165) is 50.3 Å². The third kappa shape index (κ3) is 5.12. The Morgan fingerprint density at radius 2 is 2.00 bits per heavy atom. The molecule has 0 heterocycles. The van der Waals surface area contributed by atoms with Gasteiger partial charge in [-0.15, -0.1) is 0 Å². The van der Waals surface area contributed by atoms with E-state index in [-0.39, 0.29) is 5.82 Å². The first-order valence-electron chi connectivity index (χ1n) is 7.83. The number of hydrogen-bond acceptors (Lipinski definition) is 2. The molecule has 0 bridgehead atoms. The number of hydrogen-bond donors (Lipinski definition) is 1. The highest BCUT2D eigenvalue weighted by Crippen LogP contribution is 2.25. The Labute approximate surface area is 123 Å². The van der Waals surface area contributed by atoms with Crippen molar-refractivity contribution in [3.8, 4) is 0 Å². The van der Waals surface area contributed by atoms with E-state index >= 15 is 0 Å². The van der Waals surface area contributed by atoms with Crippen LogP contribution in [0, 0.1) is 11.7 Å². The van der Waals surface area contributed by atoms with Gasteiger partial charge >= 0.3 is 0 Å². The quantitative estimate of drug-likeness (QED) is 0.729. The van der Waals surface area contributed by atoms with Crippen molar-refractivity contribution < 1.29 is 4.39 Å². The smallest absolute Gasteiger partial charge is 0.146 e. The van der Waals surface area contributed by atoms with Gasteiger partial charge in [0.25, 0.3) is 0 Å². The number of benzene rings is 1. The molecule has 0 aliphatic rings. The Morgan fingerprint density at radius 3 is 2.60 bits per heavy atom. The largest absolute Gasteiger partial charge is 0.369 e. The number of rotatable bonds is 9. The molecule has 2 nitrogen and oxygen atoms in total. The zero-order valence-corrected chi connectivity index (χ0v) is 13.4. The van der Waals surface area contributed by atoms with Crippen LogP contribution in [0.3, 0.4) is 0 Å². The molecule has 0 aliphatic heterocycles. The van der Waals surface area contributed by atoms with Crippen molar-refractivity contribution in [1.82, 2.24) is 5.32 Å². The second-order valence-electron chi connectivity index (χ2n) is 5.71. The van der Waals surface area contributed by atoms with Crippen LogP contribution < -0.4 is 10.2 Å². The van der Waals surface area contributed by atoms with Crippen LogP contribution in [0.25, 0.3) is 0 Å². The summed E-state index contributed by atoms with van der Waals surface area (Å²) >= 11 is 0. The predicted molar refractivity (Wildman–Crippen MR) is 85.7 cm³/mol. The molecule has 0 spiro atoms. The van der Waals surface area contributed by atoms with E-state index in [1.165, 1.54) is 0 Å². The van der Waals surface area contributed by atoms with Gasteiger partial charge in [0.2, 0.25) is 0 Å². The summed E-state index contributed by atoms with van der Waals surface area (Å²) in [7, 11) is 0. The molecule has 114 valence electrons. The third-order valence-corrected chi connectivity index (χ3v) is 3.42. The van der Waals surface area contributed by atoms with Crippen molar-refractivity contribution in [2.24, 2.45) is 5.92 Å². The summed E-state index contributed by atoms with van der Waals surface area (Å²) in [6.45, 7) is 12.1. The second-order valence-corrected chi connectivity index (χ2v) is 5.71. The van der Waals surface area contributed by atoms with Crippen LogP contribution in [0.2, 0.25) is 0 Å². The zero-order valence-electron chi connectivity index (χ0n) is 13.4. The molecule has 1 aromatic rings. The highest BCUT2D eigenvalue weighted by atomic mass is 19.1. The summed E-state index contributed by atoms with van der Waals surface area (Å²) in [5, 5.41) is 3.41. The Hall–Kier alpha value is -1.09. The molecular formula is C17H29FN2. The van der Waals surface area contributed by atoms with Gasteiger partial charge in [-0.1, -0.05) is 39.3 Å². The van der Waals surface area contributed by atoms with E-state index in [4.69, 9.17) is 0 Å². The predicted octanol–water partition coefficient (Wildman–Crippen LogP) is 4.20. The summed E-state index contributed by atoms with van der Waals surface area (Å²) in [6, 6.07) is 5.40. The van der Waals surface area contributed by atoms with E-state index in [9.17, 15) is 4.39 Å². The van der Waals surface area contributed by atoms with Gasteiger partial charge in [-0.05, 0) is 37.4 Å². The Kier molecular flexibility index (Phi) is 7.60. The van der Waals surface area contributed by atoms with Gasteiger partial charge in [-0.25, -0.2) is 4.39 Å². The van der Waals surface area contributed by atoms with E-state index in [1.54, 1.807) is 12.1 Å². The van der Waals surface area contributed by atoms with Crippen LogP contribution in [-0.2, 0) is 6.54 Å². The van der Waals surface area contributed by atoms with Crippen molar-refractivity contribution in [2.45, 2.75) is 47.1 Å². The van der Waals surface area contributed by atoms with Gasteiger partial charge in [0.1, 0.15) is 5.82 Å². The molecule has 1 aromatic carbocycles. The normalized spacial score (nSPS) is 11.1. The van der Waals surface area contributed by atoms with E-state index in [2.05, 4.69) is 37.9 Å². The van der Waals surface area contributed by atoms with Gasteiger partial charge in [0.05, 0.1) is 5.69 Å². The molecule has 1 rings (SSSR count). The summed E-state index contributed by atoms with van der Waals surface area (Å²) in [4.78, 5) is 2.16. The molecule has 3 heteroatoms. The molecule has 0 atom stereocenters. The first kappa shape index (κ1) is 17.0. The van der Waals surface area contributed by atoms with Gasteiger partial charge in [-0.2, -0.15) is 0 Å². The van der Waals surface area contributed by atoms with E-state index in [0.29, 0.717) is 5.92 Å². The molecule has 0 aliphatic carbocycles. The highest BCUT2D eigenvalue weighted by molar-refractivity contribution is 5.54. The minimum Gasteiger partial charge on any atom is -0.369 e. The van der Waals surface area contributed by atoms with Crippen LogP contribution >= 0.6 is 0 Å². The third-order valence-electron chi connectivity index (χ3n) is 3.42. The molecule has 0 radical (unpaired) electrons. The summed E-state index contributed by atoms with van der Waals surface area (Å²) in [6.07, 6.45) is 2.23. The number of nitrogens with zero attached hydrogens (tertiary/aromatic N) is 1. The average Bonchev–Trinajstić information content (AvgIpc) is 2.41. The standard InChI is InChI=1S/C17H29FN2/c1-5-7-11-20(6-2)17-15(9-8-10-16(17)18)13-19-12-14(3)4/h8-10,14,19H,5-7,11-13H2,1-4H3. The maximum atomic E-state index is 14.2. The number of unbranched alkanes of at least 4 members (excludes halogenated alkanes) is 1. The van der Waals surface area contributed by atoms with Crippen molar-refractivity contribution in [2.75, 3.05) is 24.5 Å². The van der Waals surface area contributed by atoms with Crippen LogP contribution in [-0.4, -0.2) is 19.6 Å². The van der Waals surface area contributed by atoms with Gasteiger partial charge < -0.3 is 10.2 Å². The van der Waals surface area contributed by atoms with Crippen molar-refractivity contribution in [3.05, 3.63) is 29.6 Å². The van der Waals surface area contributed by atoms with Crippen molar-refractivity contribution in [1.29, 1.82) is 0 Å². The fourth-order valence-electron chi connectivity index (χ4n) is 2.33. The van der Waals surface area contributed by atoms with Gasteiger partial charge in [-0.3, -0.25) is 0 Å². The van der Waals surface area contributed by atoms with Crippen LogP contribution in [0.5, 0.6) is 0 Å². The Bertz CT molecular complexity index is 391. The molecule has 1 N–H and O–H groups in total. The number of para-hydroxylation sites is 1. The van der Waals surface area contributed by atoms with Gasteiger partial charge in [0.15, 0.2) is 0 Å². The van der Waals surface area contributed by atoms with Crippen LogP contribution in [0.1, 0.15) is 46.1 Å². The average molecular weight is 280 g/mol. The molecular weight excluding hydrogens is 251 g/mol. The number of halogens is 1. The lowest BCUT2D eigenvalue weighted by Crippen LogP contribution is -2.28. The molecule has 0 amide bonds. The monoisotopic (exact) mass is 280 g/mol. The first-order chi connectivity index (χ1) is 9.60. The fourth-order valence-corrected chi connectivity index (χ4v) is 2.33. The first-order valence-corrected chi connectivity index (χ1v) is 7.83. The lowest BCUT2D eigenvalue weighted by atomic mass is 10.1. The molecule has 0 aromatic heterocycles. The fraction of sp³-hybridized carbons (Fsp3) is 0.647. The summed E-state index contributed by atoms with van der Waals surface area (Å²) in [5.41, 5.74) is 1.84. The molecule has 0 saturated carbocycles. The lowest BCUT2D eigenvalue weighted by Gasteiger charge is -2.26. The Balaban J connectivity index is 2.85. The molecule has 20 heavy (non-hydrogen) atoms. The summed E-state index contributed by atoms with van der Waals surface area (Å²) < 4.78 is 14.2. The van der Waals surface area contributed by atoms with Crippen LogP contribution in [0.4, 0.5) is 10.1 Å². The van der Waals surface area contributed by atoms with Gasteiger partial charge in [0, 0.05) is 19.6 Å². The van der Waals surface area contributed by atoms with Crippen molar-refractivity contribution in [3.63, 3.8) is 0 Å². The minimum absolute atomic E-state index is 0.105. The topological polar surface area (TPSA) is 15.3 Å². The minimum atomic E-state index is -0.105. The molecule has 0 unspecified atom stereocenters. The van der Waals surface area contributed by atoms with E-state index < -0.39 is 0 Å². The SMILES string of the molecule is CCCCN(CC)c1c(F)cccc1CNCC(C)C. The van der Waals surface area contributed by atoms with Crippen molar-refractivity contribution >= 4 is 5.69 Å². The second kappa shape index (κ2) is 8.96. The zero-order chi connectivity index (χ0) is 15.0.